The summed E-state index contributed by atoms with van der Waals surface area (Å²) < 4.78 is 28.1. The summed E-state index contributed by atoms with van der Waals surface area (Å²) in [7, 11) is -2.97. The third-order valence-electron chi connectivity index (χ3n) is 1.50. The minimum Gasteiger partial charge on any atom is -0.381 e. The molecule has 1 saturated heterocycles. The van der Waals surface area contributed by atoms with Crippen molar-refractivity contribution in [3.05, 3.63) is 0 Å². The van der Waals surface area contributed by atoms with Crippen LogP contribution in [0.15, 0.2) is 0 Å². The molecule has 0 aromatic heterocycles. The number of hydrogen-bond acceptors (Lipinski definition) is 3. The summed E-state index contributed by atoms with van der Waals surface area (Å²) in [5, 5.41) is 0.829. The van der Waals surface area contributed by atoms with Crippen LogP contribution >= 0.6 is 15.9 Å². The van der Waals surface area contributed by atoms with Gasteiger partial charge in [0.25, 0.3) is 0 Å². The van der Waals surface area contributed by atoms with E-state index >= 15 is 0 Å². The van der Waals surface area contributed by atoms with Crippen LogP contribution in [-0.2, 0) is 14.8 Å². The molecule has 0 aromatic carbocycles. The lowest BCUT2D eigenvalue weighted by Gasteiger charge is -1.97. The van der Waals surface area contributed by atoms with Crippen molar-refractivity contribution >= 4 is 26.0 Å². The van der Waals surface area contributed by atoms with Crippen LogP contribution in [0.5, 0.6) is 0 Å². The largest absolute Gasteiger partial charge is 0.381 e. The van der Waals surface area contributed by atoms with Crippen molar-refractivity contribution in [3.63, 3.8) is 0 Å². The van der Waals surface area contributed by atoms with Crippen LogP contribution in [0.4, 0.5) is 0 Å². The summed E-state index contributed by atoms with van der Waals surface area (Å²) >= 11 is 3.18. The van der Waals surface area contributed by atoms with Crippen molar-refractivity contribution in [1.82, 2.24) is 4.72 Å². The first-order valence-corrected chi connectivity index (χ1v) is 7.66. The molecule has 0 aromatic rings. The van der Waals surface area contributed by atoms with Gasteiger partial charge in [0.2, 0.25) is 10.0 Å². The predicted molar refractivity (Wildman–Crippen MR) is 61.3 cm³/mol. The van der Waals surface area contributed by atoms with Crippen molar-refractivity contribution in [3.8, 4) is 0 Å². The Morgan fingerprint density at radius 2 is 1.93 bits per heavy atom. The molecule has 4 nitrogen and oxygen atoms in total. The molecular formula is C8H18BrNO3S. The standard InChI is InChI=1S/C4H10BrNO2S.C4H8O/c1-9(7,8)6-4-2-3-5;1-2-4-5-3-1/h6H,2-4H2,1H3;1-4H2. The smallest absolute Gasteiger partial charge is 0.208 e. The van der Waals surface area contributed by atoms with E-state index in [2.05, 4.69) is 20.7 Å². The Hall–Kier alpha value is 0.350. The van der Waals surface area contributed by atoms with Crippen LogP contribution in [0, 0.1) is 0 Å². The quantitative estimate of drug-likeness (QED) is 0.623. The molecule has 6 heteroatoms. The molecule has 0 spiro atoms. The Morgan fingerprint density at radius 1 is 1.36 bits per heavy atom. The third-order valence-corrected chi connectivity index (χ3v) is 2.79. The van der Waals surface area contributed by atoms with E-state index in [9.17, 15) is 8.42 Å². The van der Waals surface area contributed by atoms with Crippen LogP contribution in [0.1, 0.15) is 19.3 Å². The van der Waals surface area contributed by atoms with Crippen molar-refractivity contribution in [2.24, 2.45) is 0 Å². The molecule has 0 radical (unpaired) electrons. The second kappa shape index (κ2) is 8.64. The first-order valence-electron chi connectivity index (χ1n) is 4.64. The number of hydrogen-bond donors (Lipinski definition) is 1. The van der Waals surface area contributed by atoms with Gasteiger partial charge in [0.05, 0.1) is 6.26 Å². The Balaban J connectivity index is 0.000000280. The maximum Gasteiger partial charge on any atom is 0.208 e. The minimum atomic E-state index is -2.97. The van der Waals surface area contributed by atoms with E-state index in [-0.39, 0.29) is 0 Å². The Kier molecular flexibility index (Phi) is 8.86. The van der Waals surface area contributed by atoms with Crippen LogP contribution in [0.25, 0.3) is 0 Å². The van der Waals surface area contributed by atoms with Crippen molar-refractivity contribution in [2.45, 2.75) is 19.3 Å². The molecule has 1 fully saturated rings. The van der Waals surface area contributed by atoms with Gasteiger partial charge in [0.15, 0.2) is 0 Å². The average Bonchev–Trinajstić information content (AvgIpc) is 2.59. The van der Waals surface area contributed by atoms with Gasteiger partial charge in [-0.3, -0.25) is 0 Å². The normalized spacial score (nSPS) is 16.1. The molecule has 0 unspecified atom stereocenters. The van der Waals surface area contributed by atoms with Gasteiger partial charge in [-0.1, -0.05) is 15.9 Å². The summed E-state index contributed by atoms with van der Waals surface area (Å²) in [6.07, 6.45) is 4.54. The summed E-state index contributed by atoms with van der Waals surface area (Å²) in [5.74, 6) is 0. The van der Waals surface area contributed by atoms with E-state index in [0.29, 0.717) is 6.54 Å². The Morgan fingerprint density at radius 3 is 2.21 bits per heavy atom. The van der Waals surface area contributed by atoms with Crippen molar-refractivity contribution in [1.29, 1.82) is 0 Å². The molecule has 1 aliphatic heterocycles. The lowest BCUT2D eigenvalue weighted by molar-refractivity contribution is 0.198. The lowest BCUT2D eigenvalue weighted by atomic mass is 10.4. The highest BCUT2D eigenvalue weighted by Gasteiger charge is 1.96. The van der Waals surface area contributed by atoms with Gasteiger partial charge >= 0.3 is 0 Å². The topological polar surface area (TPSA) is 55.4 Å². The molecule has 1 rings (SSSR count). The monoisotopic (exact) mass is 287 g/mol. The number of sulfonamides is 1. The molecule has 1 aliphatic rings. The van der Waals surface area contributed by atoms with E-state index < -0.39 is 10.0 Å². The molecule has 0 aliphatic carbocycles. The number of rotatable bonds is 4. The molecule has 14 heavy (non-hydrogen) atoms. The SMILES string of the molecule is C1CCOC1.CS(=O)(=O)NCCCBr. The van der Waals surface area contributed by atoms with Gasteiger partial charge in [-0.15, -0.1) is 0 Å². The zero-order valence-corrected chi connectivity index (χ0v) is 10.9. The fourth-order valence-corrected chi connectivity index (χ4v) is 1.63. The number of halogens is 1. The van der Waals surface area contributed by atoms with Gasteiger partial charge in [0, 0.05) is 25.1 Å². The van der Waals surface area contributed by atoms with Gasteiger partial charge in [-0.25, -0.2) is 13.1 Å². The molecule has 86 valence electrons. The van der Waals surface area contributed by atoms with E-state index in [1.54, 1.807) is 0 Å². The van der Waals surface area contributed by atoms with E-state index in [0.717, 1.165) is 31.2 Å². The average molecular weight is 288 g/mol. The first-order chi connectivity index (χ1) is 6.56. The molecule has 0 bridgehead atoms. The van der Waals surface area contributed by atoms with Crippen LogP contribution < -0.4 is 4.72 Å². The highest BCUT2D eigenvalue weighted by atomic mass is 79.9. The van der Waals surface area contributed by atoms with Gasteiger partial charge < -0.3 is 4.74 Å². The van der Waals surface area contributed by atoms with Crippen LogP contribution in [0.3, 0.4) is 0 Å². The molecule has 0 atom stereocenters. The van der Waals surface area contributed by atoms with Gasteiger partial charge in [0.1, 0.15) is 0 Å². The summed E-state index contributed by atoms with van der Waals surface area (Å²) in [6.45, 7) is 2.52. The third kappa shape index (κ3) is 12.3. The second-order valence-electron chi connectivity index (χ2n) is 3.03. The van der Waals surface area contributed by atoms with Crippen molar-refractivity contribution in [2.75, 3.05) is 31.3 Å². The van der Waals surface area contributed by atoms with Crippen LogP contribution in [0.2, 0.25) is 0 Å². The highest BCUT2D eigenvalue weighted by Crippen LogP contribution is 1.98. The Labute approximate surface area is 94.6 Å². The fourth-order valence-electron chi connectivity index (χ4n) is 0.835. The van der Waals surface area contributed by atoms with Crippen LogP contribution in [-0.4, -0.2) is 39.8 Å². The lowest BCUT2D eigenvalue weighted by Crippen LogP contribution is -2.23. The number of nitrogens with one attached hydrogen (secondary N) is 1. The first kappa shape index (κ1) is 14.3. The summed E-state index contributed by atoms with van der Waals surface area (Å²) in [4.78, 5) is 0. The number of ether oxygens (including phenoxy) is 1. The van der Waals surface area contributed by atoms with Gasteiger partial charge in [-0.2, -0.15) is 0 Å². The van der Waals surface area contributed by atoms with E-state index in [4.69, 9.17) is 4.74 Å². The molecule has 0 amide bonds. The van der Waals surface area contributed by atoms with Crippen molar-refractivity contribution < 1.29 is 13.2 Å². The summed E-state index contributed by atoms with van der Waals surface area (Å²) in [6, 6.07) is 0. The number of alkyl halides is 1. The Bertz CT molecular complexity index is 207. The van der Waals surface area contributed by atoms with E-state index in [1.165, 1.54) is 12.8 Å². The van der Waals surface area contributed by atoms with Gasteiger partial charge in [-0.05, 0) is 19.3 Å². The molecular weight excluding hydrogens is 270 g/mol. The molecule has 0 saturated carbocycles. The molecule has 1 heterocycles. The van der Waals surface area contributed by atoms with E-state index in [1.807, 2.05) is 0 Å². The predicted octanol–water partition coefficient (Wildman–Crippen LogP) is 1.12. The highest BCUT2D eigenvalue weighted by molar-refractivity contribution is 9.09. The second-order valence-corrected chi connectivity index (χ2v) is 5.65. The maximum atomic E-state index is 10.4. The zero-order valence-electron chi connectivity index (χ0n) is 8.46. The minimum absolute atomic E-state index is 0.518. The molecule has 1 N–H and O–H groups in total. The zero-order chi connectivity index (χ0) is 10.9. The summed E-state index contributed by atoms with van der Waals surface area (Å²) in [5.41, 5.74) is 0. The maximum absolute atomic E-state index is 10.4. The fraction of sp³-hybridized carbons (Fsp3) is 1.00.